The molecule has 1 saturated heterocycles. The fraction of sp³-hybridized carbons (Fsp3) is 0.360. The molecular weight excluding hydrogens is 452 g/mol. The van der Waals surface area contributed by atoms with Gasteiger partial charge in [0.25, 0.3) is 5.91 Å². The Kier molecular flexibility index (Phi) is 7.84. The molecule has 8 nitrogen and oxygen atoms in total. The Labute approximate surface area is 201 Å². The molecule has 1 aliphatic heterocycles. The van der Waals surface area contributed by atoms with Gasteiger partial charge < -0.3 is 20.7 Å². The monoisotopic (exact) mass is 482 g/mol. The summed E-state index contributed by atoms with van der Waals surface area (Å²) in [4.78, 5) is 38.6. The summed E-state index contributed by atoms with van der Waals surface area (Å²) in [5.74, 6) is -0.898. The van der Waals surface area contributed by atoms with Gasteiger partial charge in [-0.1, -0.05) is 12.1 Å². The van der Waals surface area contributed by atoms with Crippen molar-refractivity contribution in [3.63, 3.8) is 0 Å². The number of amides is 3. The third-order valence-electron chi connectivity index (χ3n) is 5.45. The predicted octanol–water partition coefficient (Wildman–Crippen LogP) is 2.94. The van der Waals surface area contributed by atoms with Crippen molar-refractivity contribution in [2.45, 2.75) is 24.3 Å². The highest BCUT2D eigenvalue weighted by Crippen LogP contribution is 2.47. The largest absolute Gasteiger partial charge is 0.494 e. The number of nitrogens with zero attached hydrogens (tertiary/aromatic N) is 1. The molecule has 0 bridgehead atoms. The van der Waals surface area contributed by atoms with Gasteiger partial charge in [-0.15, -0.1) is 0 Å². The van der Waals surface area contributed by atoms with Crippen LogP contribution < -0.4 is 20.7 Å². The molecule has 1 fully saturated rings. The standard InChI is InChI=1S/C25H30N4O4S/c1-5-33-20-9-6-16(7-10-20)23(29-24(31)18-13-22(30)27-15-18)25(32)28-19-8-11-21(34(2,3)4)17(12-19)14-26/h6-12,18,23H,5,13,15H2,1-4H3,(H,27,30)(H,28,32)(H,29,31). The second-order valence-corrected chi connectivity index (χ2v) is 12.9. The van der Waals surface area contributed by atoms with Crippen molar-refractivity contribution < 1.29 is 19.1 Å². The van der Waals surface area contributed by atoms with E-state index in [1.54, 1.807) is 36.4 Å². The number of ether oxygens (including phenoxy) is 1. The number of nitrogens with one attached hydrogen (secondary N) is 3. The Balaban J connectivity index is 1.86. The van der Waals surface area contributed by atoms with Gasteiger partial charge in [-0.2, -0.15) is 5.26 Å². The molecule has 1 aliphatic rings. The highest BCUT2D eigenvalue weighted by Gasteiger charge is 2.32. The van der Waals surface area contributed by atoms with Gasteiger partial charge >= 0.3 is 0 Å². The second kappa shape index (κ2) is 10.6. The molecule has 180 valence electrons. The summed E-state index contributed by atoms with van der Waals surface area (Å²) in [6, 6.07) is 13.4. The van der Waals surface area contributed by atoms with Crippen LogP contribution in [0.1, 0.15) is 30.5 Å². The molecule has 2 unspecified atom stereocenters. The van der Waals surface area contributed by atoms with E-state index < -0.39 is 27.9 Å². The summed E-state index contributed by atoms with van der Waals surface area (Å²) >= 11 is 0. The number of hydrogen-bond acceptors (Lipinski definition) is 5. The van der Waals surface area contributed by atoms with Crippen molar-refractivity contribution in [2.75, 3.05) is 37.2 Å². The highest BCUT2D eigenvalue weighted by atomic mass is 32.3. The Morgan fingerprint density at radius 3 is 2.47 bits per heavy atom. The Morgan fingerprint density at radius 1 is 1.21 bits per heavy atom. The summed E-state index contributed by atoms with van der Waals surface area (Å²) in [5, 5.41) is 17.9. The minimum Gasteiger partial charge on any atom is -0.494 e. The first-order valence-electron chi connectivity index (χ1n) is 11.0. The zero-order valence-corrected chi connectivity index (χ0v) is 20.6. The molecule has 3 amide bonds. The maximum atomic E-state index is 13.3. The minimum absolute atomic E-state index is 0.0889. The van der Waals surface area contributed by atoms with Crippen LogP contribution in [0.25, 0.3) is 0 Å². The number of carbonyl (C=O) groups excluding carboxylic acids is 3. The minimum atomic E-state index is -1.13. The van der Waals surface area contributed by atoms with Gasteiger partial charge in [0, 0.05) is 23.5 Å². The lowest BCUT2D eigenvalue weighted by Crippen LogP contribution is -2.40. The summed E-state index contributed by atoms with van der Waals surface area (Å²) < 4.78 is 5.47. The van der Waals surface area contributed by atoms with E-state index in [1.807, 2.05) is 13.0 Å². The van der Waals surface area contributed by atoms with Crippen LogP contribution in [0.15, 0.2) is 47.4 Å². The zero-order chi connectivity index (χ0) is 24.9. The van der Waals surface area contributed by atoms with Gasteiger partial charge in [-0.3, -0.25) is 14.4 Å². The maximum absolute atomic E-state index is 13.3. The predicted molar refractivity (Wildman–Crippen MR) is 133 cm³/mol. The number of carbonyl (C=O) groups is 3. The first-order valence-corrected chi connectivity index (χ1v) is 13.8. The fourth-order valence-electron chi connectivity index (χ4n) is 3.72. The van der Waals surface area contributed by atoms with E-state index in [0.29, 0.717) is 29.2 Å². The van der Waals surface area contributed by atoms with Gasteiger partial charge in [-0.05, 0) is 61.6 Å². The number of nitriles is 1. The third kappa shape index (κ3) is 6.08. The van der Waals surface area contributed by atoms with Crippen molar-refractivity contribution >= 4 is 33.4 Å². The molecule has 1 heterocycles. The first kappa shape index (κ1) is 25.1. The van der Waals surface area contributed by atoms with E-state index in [4.69, 9.17) is 4.74 Å². The number of anilines is 1. The number of rotatable bonds is 8. The Hall–Kier alpha value is -3.51. The van der Waals surface area contributed by atoms with Gasteiger partial charge in [0.05, 0.1) is 18.1 Å². The molecule has 2 aromatic rings. The average Bonchev–Trinajstić information content (AvgIpc) is 3.23. The normalized spacial score (nSPS) is 16.7. The van der Waals surface area contributed by atoms with Crippen molar-refractivity contribution in [2.24, 2.45) is 5.92 Å². The lowest BCUT2D eigenvalue weighted by Gasteiger charge is -2.27. The van der Waals surface area contributed by atoms with Gasteiger partial charge in [0.1, 0.15) is 17.9 Å². The van der Waals surface area contributed by atoms with Crippen LogP contribution in [0.3, 0.4) is 0 Å². The van der Waals surface area contributed by atoms with E-state index in [2.05, 4.69) is 40.8 Å². The molecule has 0 spiro atoms. The summed E-state index contributed by atoms with van der Waals surface area (Å²) in [7, 11) is -1.13. The summed E-state index contributed by atoms with van der Waals surface area (Å²) in [6.45, 7) is 2.63. The van der Waals surface area contributed by atoms with Crippen LogP contribution in [-0.2, 0) is 14.4 Å². The smallest absolute Gasteiger partial charge is 0.251 e. The van der Waals surface area contributed by atoms with Gasteiger partial charge in [0.15, 0.2) is 0 Å². The first-order chi connectivity index (χ1) is 16.1. The number of hydrogen-bond donors (Lipinski definition) is 3. The Morgan fingerprint density at radius 2 is 1.91 bits per heavy atom. The van der Waals surface area contributed by atoms with Crippen LogP contribution in [0.2, 0.25) is 0 Å². The zero-order valence-electron chi connectivity index (χ0n) is 19.8. The SMILES string of the molecule is CCOc1ccc(C(NC(=O)C2CNC(=O)C2)C(=O)Nc2ccc(S(C)(C)C)c(C#N)c2)cc1. The Bertz CT molecular complexity index is 1120. The highest BCUT2D eigenvalue weighted by molar-refractivity contribution is 8.32. The van der Waals surface area contributed by atoms with Crippen molar-refractivity contribution in [1.29, 1.82) is 5.26 Å². The maximum Gasteiger partial charge on any atom is 0.251 e. The van der Waals surface area contributed by atoms with Gasteiger partial charge in [0.2, 0.25) is 11.8 Å². The lowest BCUT2D eigenvalue weighted by molar-refractivity contribution is -0.129. The third-order valence-corrected chi connectivity index (χ3v) is 7.12. The van der Waals surface area contributed by atoms with Crippen LogP contribution in [-0.4, -0.2) is 49.6 Å². The molecule has 3 rings (SSSR count). The molecule has 9 heteroatoms. The van der Waals surface area contributed by atoms with Crippen LogP contribution in [0, 0.1) is 17.2 Å². The van der Waals surface area contributed by atoms with Crippen molar-refractivity contribution in [1.82, 2.24) is 10.6 Å². The molecule has 0 aromatic heterocycles. The summed E-state index contributed by atoms with van der Waals surface area (Å²) in [5.41, 5.74) is 1.55. The van der Waals surface area contributed by atoms with Crippen molar-refractivity contribution in [3.8, 4) is 11.8 Å². The van der Waals surface area contributed by atoms with Crippen LogP contribution >= 0.6 is 10.0 Å². The van der Waals surface area contributed by atoms with E-state index in [1.165, 1.54) is 0 Å². The van der Waals surface area contributed by atoms with Gasteiger partial charge in [-0.25, -0.2) is 10.0 Å². The summed E-state index contributed by atoms with van der Waals surface area (Å²) in [6.07, 6.45) is 6.39. The molecular formula is C25H30N4O4S. The molecule has 2 aromatic carbocycles. The molecule has 0 aliphatic carbocycles. The lowest BCUT2D eigenvalue weighted by atomic mass is 10.0. The van der Waals surface area contributed by atoms with Crippen molar-refractivity contribution in [3.05, 3.63) is 53.6 Å². The average molecular weight is 483 g/mol. The second-order valence-electron chi connectivity index (χ2n) is 8.80. The van der Waals surface area contributed by atoms with E-state index in [-0.39, 0.29) is 24.8 Å². The molecule has 0 saturated carbocycles. The van der Waals surface area contributed by atoms with E-state index in [0.717, 1.165) is 4.90 Å². The fourth-order valence-corrected chi connectivity index (χ4v) is 4.96. The van der Waals surface area contributed by atoms with Crippen LogP contribution in [0.5, 0.6) is 5.75 Å². The molecule has 3 N–H and O–H groups in total. The van der Waals surface area contributed by atoms with E-state index in [9.17, 15) is 19.6 Å². The van der Waals surface area contributed by atoms with Crippen LogP contribution in [0.4, 0.5) is 5.69 Å². The number of benzene rings is 2. The molecule has 2 atom stereocenters. The molecule has 0 radical (unpaired) electrons. The van der Waals surface area contributed by atoms with E-state index >= 15 is 0 Å². The quantitative estimate of drug-likeness (QED) is 0.534. The topological polar surface area (TPSA) is 120 Å². The molecule has 34 heavy (non-hydrogen) atoms.